The largest absolute Gasteiger partial charge is 0.485 e. The van der Waals surface area contributed by atoms with Gasteiger partial charge in [0.2, 0.25) is 11.7 Å². The van der Waals surface area contributed by atoms with E-state index in [0.29, 0.717) is 24.7 Å². The van der Waals surface area contributed by atoms with Crippen LogP contribution in [0.4, 0.5) is 0 Å². The van der Waals surface area contributed by atoms with Gasteiger partial charge in [-0.05, 0) is 19.1 Å². The number of hydrogen-bond acceptors (Lipinski definition) is 5. The molecule has 0 aliphatic heterocycles. The molecular formula is C12H16ClN3O2. The first-order chi connectivity index (χ1) is 8.24. The topological polar surface area (TPSA) is 74.2 Å². The third-order valence-corrected chi connectivity index (χ3v) is 2.12. The van der Waals surface area contributed by atoms with Crippen molar-refractivity contribution in [2.24, 2.45) is 5.73 Å². The van der Waals surface area contributed by atoms with Crippen molar-refractivity contribution in [1.82, 2.24) is 10.1 Å². The Hall–Kier alpha value is -1.59. The van der Waals surface area contributed by atoms with E-state index in [2.05, 4.69) is 10.1 Å². The van der Waals surface area contributed by atoms with Crippen LogP contribution in [0.5, 0.6) is 5.75 Å². The van der Waals surface area contributed by atoms with Crippen LogP contribution in [0.2, 0.25) is 0 Å². The zero-order valence-corrected chi connectivity index (χ0v) is 10.9. The monoisotopic (exact) mass is 269 g/mol. The van der Waals surface area contributed by atoms with Gasteiger partial charge in [-0.25, -0.2) is 0 Å². The van der Waals surface area contributed by atoms with Gasteiger partial charge in [0.05, 0.1) is 0 Å². The lowest BCUT2D eigenvalue weighted by atomic mass is 10.2. The second kappa shape index (κ2) is 6.98. The third kappa shape index (κ3) is 4.35. The van der Waals surface area contributed by atoms with Crippen molar-refractivity contribution in [2.45, 2.75) is 26.0 Å². The van der Waals surface area contributed by atoms with Crippen molar-refractivity contribution in [3.63, 3.8) is 0 Å². The Balaban J connectivity index is 0.00000162. The molecule has 1 heterocycles. The van der Waals surface area contributed by atoms with Crippen LogP contribution in [0.25, 0.3) is 0 Å². The van der Waals surface area contributed by atoms with Gasteiger partial charge in [-0.15, -0.1) is 12.4 Å². The zero-order valence-electron chi connectivity index (χ0n) is 10.1. The fraction of sp³-hybridized carbons (Fsp3) is 0.333. The van der Waals surface area contributed by atoms with Gasteiger partial charge >= 0.3 is 0 Å². The molecule has 0 aliphatic rings. The maximum Gasteiger partial charge on any atom is 0.228 e. The van der Waals surface area contributed by atoms with Crippen LogP contribution in [-0.4, -0.2) is 16.2 Å². The molecule has 0 fully saturated rings. The van der Waals surface area contributed by atoms with Crippen LogP contribution >= 0.6 is 12.4 Å². The van der Waals surface area contributed by atoms with Crippen molar-refractivity contribution < 1.29 is 9.26 Å². The number of nitrogens with zero attached hydrogens (tertiary/aromatic N) is 2. The number of benzene rings is 1. The first-order valence-electron chi connectivity index (χ1n) is 5.49. The molecule has 0 bridgehead atoms. The van der Waals surface area contributed by atoms with Crippen molar-refractivity contribution in [1.29, 1.82) is 0 Å². The molecular weight excluding hydrogens is 254 g/mol. The van der Waals surface area contributed by atoms with Gasteiger partial charge in [-0.1, -0.05) is 23.4 Å². The average molecular weight is 270 g/mol. The van der Waals surface area contributed by atoms with Crippen molar-refractivity contribution in [3.05, 3.63) is 42.0 Å². The lowest BCUT2D eigenvalue weighted by molar-refractivity contribution is 0.285. The first kappa shape index (κ1) is 14.5. The molecule has 2 N–H and O–H groups in total. The molecule has 0 amide bonds. The summed E-state index contributed by atoms with van der Waals surface area (Å²) in [5.74, 6) is 1.86. The Morgan fingerprint density at radius 1 is 1.33 bits per heavy atom. The molecule has 1 aromatic heterocycles. The molecule has 0 spiro atoms. The van der Waals surface area contributed by atoms with E-state index in [0.717, 1.165) is 5.75 Å². The van der Waals surface area contributed by atoms with E-state index in [1.165, 1.54) is 0 Å². The number of para-hydroxylation sites is 1. The summed E-state index contributed by atoms with van der Waals surface area (Å²) in [5.41, 5.74) is 5.64. The van der Waals surface area contributed by atoms with Crippen LogP contribution in [0, 0.1) is 0 Å². The van der Waals surface area contributed by atoms with Crippen LogP contribution in [0.15, 0.2) is 34.9 Å². The van der Waals surface area contributed by atoms with E-state index >= 15 is 0 Å². The molecule has 0 saturated heterocycles. The third-order valence-electron chi connectivity index (χ3n) is 2.12. The fourth-order valence-corrected chi connectivity index (χ4v) is 1.37. The maximum absolute atomic E-state index is 5.64. The fourth-order valence-electron chi connectivity index (χ4n) is 1.37. The highest BCUT2D eigenvalue weighted by Gasteiger charge is 2.08. The van der Waals surface area contributed by atoms with Crippen LogP contribution in [-0.2, 0) is 13.0 Å². The van der Waals surface area contributed by atoms with Gasteiger partial charge in [-0.2, -0.15) is 4.98 Å². The number of rotatable bonds is 5. The average Bonchev–Trinajstić information content (AvgIpc) is 2.75. The Kier molecular flexibility index (Phi) is 5.61. The number of ether oxygens (including phenoxy) is 1. The summed E-state index contributed by atoms with van der Waals surface area (Å²) >= 11 is 0. The predicted molar refractivity (Wildman–Crippen MR) is 69.7 cm³/mol. The molecule has 98 valence electrons. The quantitative estimate of drug-likeness (QED) is 0.898. The predicted octanol–water partition coefficient (Wildman–Crippen LogP) is 1.96. The molecule has 0 radical (unpaired) electrons. The molecule has 1 unspecified atom stereocenters. The van der Waals surface area contributed by atoms with Gasteiger partial charge in [0, 0.05) is 12.5 Å². The highest BCUT2D eigenvalue weighted by molar-refractivity contribution is 5.85. The van der Waals surface area contributed by atoms with Gasteiger partial charge in [-0.3, -0.25) is 0 Å². The standard InChI is InChI=1S/C12H15N3O2.ClH/c1-9(13)7-12-14-11(15-17-12)8-16-10-5-3-2-4-6-10;/h2-6,9H,7-8,13H2,1H3;1H. The Labute approximate surface area is 112 Å². The number of halogens is 1. The lowest BCUT2D eigenvalue weighted by Gasteiger charge is -2.01. The van der Waals surface area contributed by atoms with E-state index in [-0.39, 0.29) is 18.4 Å². The van der Waals surface area contributed by atoms with Crippen LogP contribution in [0.3, 0.4) is 0 Å². The summed E-state index contributed by atoms with van der Waals surface area (Å²) in [4.78, 5) is 4.18. The SMILES string of the molecule is CC(N)Cc1nc(COc2ccccc2)no1.Cl. The van der Waals surface area contributed by atoms with E-state index in [1.54, 1.807) is 0 Å². The molecule has 1 atom stereocenters. The number of nitrogens with two attached hydrogens (primary N) is 1. The molecule has 2 aromatic rings. The zero-order chi connectivity index (χ0) is 12.1. The minimum Gasteiger partial charge on any atom is -0.485 e. The van der Waals surface area contributed by atoms with Crippen LogP contribution in [0.1, 0.15) is 18.6 Å². The van der Waals surface area contributed by atoms with Crippen molar-refractivity contribution in [3.8, 4) is 5.75 Å². The summed E-state index contributed by atoms with van der Waals surface area (Å²) in [6.07, 6.45) is 0.582. The highest BCUT2D eigenvalue weighted by Crippen LogP contribution is 2.10. The Morgan fingerprint density at radius 2 is 2.06 bits per heavy atom. The summed E-state index contributed by atoms with van der Waals surface area (Å²) in [6.45, 7) is 2.19. The second-order valence-corrected chi connectivity index (χ2v) is 3.89. The number of hydrogen-bond donors (Lipinski definition) is 1. The molecule has 0 aliphatic carbocycles. The van der Waals surface area contributed by atoms with E-state index in [4.69, 9.17) is 15.0 Å². The number of aromatic nitrogens is 2. The van der Waals surface area contributed by atoms with Gasteiger partial charge in [0.1, 0.15) is 5.75 Å². The van der Waals surface area contributed by atoms with Gasteiger partial charge in [0.25, 0.3) is 0 Å². The van der Waals surface area contributed by atoms with Crippen molar-refractivity contribution >= 4 is 12.4 Å². The second-order valence-electron chi connectivity index (χ2n) is 3.89. The molecule has 2 rings (SSSR count). The lowest BCUT2D eigenvalue weighted by Crippen LogP contribution is -2.17. The van der Waals surface area contributed by atoms with E-state index < -0.39 is 0 Å². The maximum atomic E-state index is 5.64. The minimum absolute atomic E-state index is 0. The first-order valence-corrected chi connectivity index (χ1v) is 5.49. The normalized spacial score (nSPS) is 11.7. The molecule has 0 saturated carbocycles. The molecule has 5 nitrogen and oxygen atoms in total. The van der Waals surface area contributed by atoms with Gasteiger partial charge in [0.15, 0.2) is 6.61 Å². The molecule has 6 heteroatoms. The van der Waals surface area contributed by atoms with Gasteiger partial charge < -0.3 is 15.0 Å². The smallest absolute Gasteiger partial charge is 0.228 e. The summed E-state index contributed by atoms with van der Waals surface area (Å²) in [6, 6.07) is 9.52. The highest BCUT2D eigenvalue weighted by atomic mass is 35.5. The Morgan fingerprint density at radius 3 is 2.72 bits per heavy atom. The molecule has 1 aromatic carbocycles. The summed E-state index contributed by atoms with van der Waals surface area (Å²) in [7, 11) is 0. The van der Waals surface area contributed by atoms with Crippen LogP contribution < -0.4 is 10.5 Å². The van der Waals surface area contributed by atoms with Crippen molar-refractivity contribution in [2.75, 3.05) is 0 Å². The summed E-state index contributed by atoms with van der Waals surface area (Å²) < 4.78 is 10.5. The van der Waals surface area contributed by atoms with E-state index in [1.807, 2.05) is 37.3 Å². The van der Waals surface area contributed by atoms with E-state index in [9.17, 15) is 0 Å². The molecule has 18 heavy (non-hydrogen) atoms. The Bertz CT molecular complexity index is 459. The minimum atomic E-state index is 0. The summed E-state index contributed by atoms with van der Waals surface area (Å²) in [5, 5.41) is 3.82.